The number of hydrogen-bond acceptors (Lipinski definition) is 4. The lowest BCUT2D eigenvalue weighted by Crippen LogP contribution is -2.38. The van der Waals surface area contributed by atoms with E-state index in [2.05, 4.69) is 15.6 Å². The second-order valence-corrected chi connectivity index (χ2v) is 8.61. The molecule has 3 rings (SSSR count). The zero-order valence-corrected chi connectivity index (χ0v) is 18.4. The first-order valence-electron chi connectivity index (χ1n) is 11.2. The van der Waals surface area contributed by atoms with Crippen LogP contribution in [0.3, 0.4) is 0 Å². The van der Waals surface area contributed by atoms with Gasteiger partial charge in [-0.2, -0.15) is 0 Å². The highest BCUT2D eigenvalue weighted by molar-refractivity contribution is 5.99. The molecule has 1 fully saturated rings. The molecule has 2 aromatic heterocycles. The Hall–Kier alpha value is -2.96. The zero-order valence-electron chi connectivity index (χ0n) is 18.4. The average Bonchev–Trinajstić information content (AvgIpc) is 2.75. The number of hydrogen-bond donors (Lipinski definition) is 2. The Bertz CT molecular complexity index is 947. The number of carbonyl (C=O) groups is 2. The SMILES string of the molecule is CC(C)NC(=O)c1cn(CC2CCCCC2)cc(C(=O)NCCc2ccncc2)c1=O. The minimum Gasteiger partial charge on any atom is -0.352 e. The van der Waals surface area contributed by atoms with Gasteiger partial charge in [-0.05, 0) is 56.7 Å². The van der Waals surface area contributed by atoms with Crippen molar-refractivity contribution in [2.45, 2.75) is 65.0 Å². The van der Waals surface area contributed by atoms with E-state index in [1.54, 1.807) is 24.8 Å². The number of pyridine rings is 2. The molecule has 0 saturated heterocycles. The smallest absolute Gasteiger partial charge is 0.256 e. The maximum absolute atomic E-state index is 13.0. The summed E-state index contributed by atoms with van der Waals surface area (Å²) in [5, 5.41) is 5.59. The van der Waals surface area contributed by atoms with Crippen LogP contribution in [0.2, 0.25) is 0 Å². The second kappa shape index (κ2) is 10.9. The van der Waals surface area contributed by atoms with Crippen molar-refractivity contribution in [1.82, 2.24) is 20.2 Å². The van der Waals surface area contributed by atoms with Gasteiger partial charge in [0.05, 0.1) is 0 Å². The number of carbonyl (C=O) groups excluding carboxylic acids is 2. The largest absolute Gasteiger partial charge is 0.352 e. The monoisotopic (exact) mass is 424 g/mol. The first-order valence-corrected chi connectivity index (χ1v) is 11.2. The molecule has 2 amide bonds. The van der Waals surface area contributed by atoms with Gasteiger partial charge in [0.25, 0.3) is 11.8 Å². The maximum atomic E-state index is 13.0. The Morgan fingerprint density at radius 3 is 2.35 bits per heavy atom. The fourth-order valence-corrected chi connectivity index (χ4v) is 4.03. The predicted octanol–water partition coefficient (Wildman–Crippen LogP) is 2.93. The van der Waals surface area contributed by atoms with Crippen LogP contribution >= 0.6 is 0 Å². The highest BCUT2D eigenvalue weighted by atomic mass is 16.2. The molecule has 0 bridgehead atoms. The molecule has 0 aliphatic heterocycles. The van der Waals surface area contributed by atoms with E-state index >= 15 is 0 Å². The summed E-state index contributed by atoms with van der Waals surface area (Å²) in [6, 6.07) is 3.68. The summed E-state index contributed by atoms with van der Waals surface area (Å²) < 4.78 is 1.85. The molecule has 0 radical (unpaired) electrons. The molecule has 2 heterocycles. The fraction of sp³-hybridized carbons (Fsp3) is 0.500. The van der Waals surface area contributed by atoms with Crippen molar-refractivity contribution in [2.75, 3.05) is 6.54 Å². The molecule has 0 atom stereocenters. The number of rotatable bonds is 8. The summed E-state index contributed by atoms with van der Waals surface area (Å²) in [4.78, 5) is 42.4. The van der Waals surface area contributed by atoms with Gasteiger partial charge in [0.1, 0.15) is 11.1 Å². The lowest BCUT2D eigenvalue weighted by atomic mass is 9.89. The summed E-state index contributed by atoms with van der Waals surface area (Å²) in [6.45, 7) is 4.79. The molecule has 1 aliphatic rings. The van der Waals surface area contributed by atoms with Crippen LogP contribution in [-0.4, -0.2) is 34.0 Å². The Morgan fingerprint density at radius 1 is 1.06 bits per heavy atom. The lowest BCUT2D eigenvalue weighted by molar-refractivity contribution is 0.0941. The van der Waals surface area contributed by atoms with Crippen LogP contribution in [-0.2, 0) is 13.0 Å². The Kier molecular flexibility index (Phi) is 7.98. The van der Waals surface area contributed by atoms with E-state index in [9.17, 15) is 14.4 Å². The van der Waals surface area contributed by atoms with E-state index in [4.69, 9.17) is 0 Å². The molecule has 166 valence electrons. The van der Waals surface area contributed by atoms with Crippen LogP contribution < -0.4 is 16.1 Å². The van der Waals surface area contributed by atoms with Gasteiger partial charge in [-0.15, -0.1) is 0 Å². The van der Waals surface area contributed by atoms with Crippen molar-refractivity contribution in [2.24, 2.45) is 5.92 Å². The molecule has 31 heavy (non-hydrogen) atoms. The average molecular weight is 425 g/mol. The van der Waals surface area contributed by atoms with Crippen LogP contribution in [0.25, 0.3) is 0 Å². The van der Waals surface area contributed by atoms with E-state index in [0.29, 0.717) is 25.4 Å². The molecule has 2 aromatic rings. The first-order chi connectivity index (χ1) is 14.9. The third kappa shape index (κ3) is 6.51. The Morgan fingerprint density at radius 2 is 1.71 bits per heavy atom. The molecule has 0 aromatic carbocycles. The molecule has 1 aliphatic carbocycles. The Labute approximate surface area is 183 Å². The molecule has 7 heteroatoms. The number of nitrogens with zero attached hydrogens (tertiary/aromatic N) is 2. The van der Waals surface area contributed by atoms with Crippen molar-refractivity contribution in [3.8, 4) is 0 Å². The normalized spacial score (nSPS) is 14.4. The lowest BCUT2D eigenvalue weighted by Gasteiger charge is -2.23. The summed E-state index contributed by atoms with van der Waals surface area (Å²) in [5.74, 6) is -0.389. The molecule has 0 unspecified atom stereocenters. The third-order valence-electron chi connectivity index (χ3n) is 5.63. The van der Waals surface area contributed by atoms with Crippen molar-refractivity contribution < 1.29 is 9.59 Å². The minimum atomic E-state index is -0.528. The molecule has 2 N–H and O–H groups in total. The molecular weight excluding hydrogens is 392 g/mol. The number of aromatic nitrogens is 2. The minimum absolute atomic E-state index is 0.0157. The van der Waals surface area contributed by atoms with Crippen molar-refractivity contribution in [3.63, 3.8) is 0 Å². The summed E-state index contributed by atoms with van der Waals surface area (Å²) >= 11 is 0. The topological polar surface area (TPSA) is 93.1 Å². The van der Waals surface area contributed by atoms with E-state index in [0.717, 1.165) is 18.4 Å². The van der Waals surface area contributed by atoms with Gasteiger partial charge >= 0.3 is 0 Å². The molecule has 1 saturated carbocycles. The number of amides is 2. The highest BCUT2D eigenvalue weighted by Crippen LogP contribution is 2.25. The van der Waals surface area contributed by atoms with Gasteiger partial charge in [0.2, 0.25) is 5.43 Å². The van der Waals surface area contributed by atoms with Gasteiger partial charge in [-0.1, -0.05) is 19.3 Å². The summed E-state index contributed by atoms with van der Waals surface area (Å²) in [6.07, 6.45) is 13.2. The van der Waals surface area contributed by atoms with Gasteiger partial charge in [-0.3, -0.25) is 19.4 Å². The van der Waals surface area contributed by atoms with Crippen LogP contribution in [0.5, 0.6) is 0 Å². The molecular formula is C24H32N4O3. The van der Waals surface area contributed by atoms with Gasteiger partial charge in [-0.25, -0.2) is 0 Å². The predicted molar refractivity (Wildman–Crippen MR) is 120 cm³/mol. The van der Waals surface area contributed by atoms with Crippen LogP contribution in [0.15, 0.2) is 41.7 Å². The van der Waals surface area contributed by atoms with Gasteiger partial charge in [0.15, 0.2) is 0 Å². The zero-order chi connectivity index (χ0) is 22.2. The highest BCUT2D eigenvalue weighted by Gasteiger charge is 2.21. The maximum Gasteiger partial charge on any atom is 0.256 e. The van der Waals surface area contributed by atoms with E-state index in [-0.39, 0.29) is 17.2 Å². The fourth-order valence-electron chi connectivity index (χ4n) is 4.03. The first kappa shape index (κ1) is 22.7. The standard InChI is InChI=1S/C24H32N4O3/c1-17(2)27-24(31)21-16-28(14-19-6-4-3-5-7-19)15-20(22(21)29)23(30)26-13-10-18-8-11-25-12-9-18/h8-9,11-12,15-17,19H,3-7,10,13-14H2,1-2H3,(H,26,30)(H,27,31). The summed E-state index contributed by atoms with van der Waals surface area (Å²) in [5.41, 5.74) is 0.558. The van der Waals surface area contributed by atoms with Crippen LogP contribution in [0, 0.1) is 5.92 Å². The van der Waals surface area contributed by atoms with E-state index < -0.39 is 17.2 Å². The molecule has 7 nitrogen and oxygen atoms in total. The quantitative estimate of drug-likeness (QED) is 0.681. The van der Waals surface area contributed by atoms with E-state index in [1.165, 1.54) is 19.3 Å². The third-order valence-corrected chi connectivity index (χ3v) is 5.63. The van der Waals surface area contributed by atoms with Crippen LogP contribution in [0.1, 0.15) is 72.2 Å². The number of nitrogens with one attached hydrogen (secondary N) is 2. The Balaban J connectivity index is 1.80. The van der Waals surface area contributed by atoms with Crippen LogP contribution in [0.4, 0.5) is 0 Å². The molecule has 0 spiro atoms. The van der Waals surface area contributed by atoms with E-state index in [1.807, 2.05) is 30.5 Å². The summed E-state index contributed by atoms with van der Waals surface area (Å²) in [7, 11) is 0. The van der Waals surface area contributed by atoms with Crippen molar-refractivity contribution in [3.05, 3.63) is 63.8 Å². The second-order valence-electron chi connectivity index (χ2n) is 8.61. The van der Waals surface area contributed by atoms with Crippen molar-refractivity contribution >= 4 is 11.8 Å². The van der Waals surface area contributed by atoms with Crippen molar-refractivity contribution in [1.29, 1.82) is 0 Å². The van der Waals surface area contributed by atoms with Gasteiger partial charge in [0, 0.05) is 43.9 Å². The van der Waals surface area contributed by atoms with Gasteiger partial charge < -0.3 is 15.2 Å².